The maximum absolute atomic E-state index is 12.0. The molecule has 0 spiro atoms. The zero-order valence-corrected chi connectivity index (χ0v) is 10.5. The van der Waals surface area contributed by atoms with Gasteiger partial charge in [0.15, 0.2) is 0 Å². The molecule has 1 atom stereocenters. The number of carbonyl (C=O) groups is 2. The Labute approximate surface area is 105 Å². The third kappa shape index (κ3) is 3.06. The van der Waals surface area contributed by atoms with E-state index in [1.165, 1.54) is 4.90 Å². The fourth-order valence-corrected chi connectivity index (χ4v) is 3.47. The molecule has 96 valence electrons. The van der Waals surface area contributed by atoms with Crippen molar-refractivity contribution in [3.05, 3.63) is 0 Å². The summed E-state index contributed by atoms with van der Waals surface area (Å²) < 4.78 is 0. The van der Waals surface area contributed by atoms with Gasteiger partial charge in [0.2, 0.25) is 0 Å². The Morgan fingerprint density at radius 3 is 2.59 bits per heavy atom. The van der Waals surface area contributed by atoms with Crippen LogP contribution in [0.1, 0.15) is 25.7 Å². The smallest absolute Gasteiger partial charge is 0.326 e. The number of thioether (sulfide) groups is 1. The van der Waals surface area contributed by atoms with Gasteiger partial charge in [-0.25, -0.2) is 9.59 Å². The molecule has 0 bridgehead atoms. The predicted octanol–water partition coefficient (Wildman–Crippen LogP) is 1.14. The second-order valence-electron chi connectivity index (χ2n) is 4.53. The number of rotatable bonds is 2. The van der Waals surface area contributed by atoms with Crippen LogP contribution in [0.25, 0.3) is 0 Å². The average Bonchev–Trinajstić information content (AvgIpc) is 2.79. The summed E-state index contributed by atoms with van der Waals surface area (Å²) in [5.41, 5.74) is 0. The van der Waals surface area contributed by atoms with E-state index >= 15 is 0 Å². The molecule has 2 fully saturated rings. The molecule has 2 rings (SSSR count). The Morgan fingerprint density at radius 1 is 1.24 bits per heavy atom. The summed E-state index contributed by atoms with van der Waals surface area (Å²) >= 11 is 1.90. The van der Waals surface area contributed by atoms with Crippen molar-refractivity contribution in [3.63, 3.8) is 0 Å². The summed E-state index contributed by atoms with van der Waals surface area (Å²) in [6.07, 6.45) is 3.33. The van der Waals surface area contributed by atoms with Crippen LogP contribution in [-0.2, 0) is 4.79 Å². The highest BCUT2D eigenvalue weighted by molar-refractivity contribution is 7.99. The number of carboxylic acid groups (broad SMARTS) is 1. The highest BCUT2D eigenvalue weighted by atomic mass is 32.2. The van der Waals surface area contributed by atoms with Crippen LogP contribution in [0.2, 0.25) is 0 Å². The summed E-state index contributed by atoms with van der Waals surface area (Å²) in [6, 6.07) is -0.612. The molecule has 0 aromatic carbocycles. The molecule has 0 aromatic rings. The Balaban J connectivity index is 1.88. The number of urea groups is 1. The molecule has 17 heavy (non-hydrogen) atoms. The van der Waals surface area contributed by atoms with E-state index in [4.69, 9.17) is 5.11 Å². The zero-order chi connectivity index (χ0) is 12.3. The number of likely N-dealkylation sites (tertiary alicyclic amines) is 1. The van der Waals surface area contributed by atoms with Crippen molar-refractivity contribution in [1.29, 1.82) is 0 Å². The summed E-state index contributed by atoms with van der Waals surface area (Å²) in [4.78, 5) is 24.4. The summed E-state index contributed by atoms with van der Waals surface area (Å²) in [6.45, 7) is 0.560. The number of hydrogen-bond acceptors (Lipinski definition) is 3. The van der Waals surface area contributed by atoms with Crippen LogP contribution in [0.5, 0.6) is 0 Å². The quantitative estimate of drug-likeness (QED) is 0.779. The van der Waals surface area contributed by atoms with Crippen LogP contribution < -0.4 is 5.32 Å². The maximum Gasteiger partial charge on any atom is 0.326 e. The van der Waals surface area contributed by atoms with Crippen LogP contribution >= 0.6 is 11.8 Å². The molecule has 2 heterocycles. The number of nitrogens with zero attached hydrogens (tertiary/aromatic N) is 1. The van der Waals surface area contributed by atoms with Gasteiger partial charge in [0.25, 0.3) is 0 Å². The average molecular weight is 258 g/mol. The summed E-state index contributed by atoms with van der Waals surface area (Å²) in [7, 11) is 0. The van der Waals surface area contributed by atoms with Gasteiger partial charge in [0, 0.05) is 12.6 Å². The van der Waals surface area contributed by atoms with E-state index in [0.717, 1.165) is 30.8 Å². The number of hydrogen-bond donors (Lipinski definition) is 2. The van der Waals surface area contributed by atoms with E-state index in [0.29, 0.717) is 13.0 Å². The molecule has 2 amide bonds. The normalized spacial score (nSPS) is 25.9. The Bertz CT molecular complexity index is 305. The van der Waals surface area contributed by atoms with Gasteiger partial charge in [-0.1, -0.05) is 0 Å². The molecule has 0 radical (unpaired) electrons. The summed E-state index contributed by atoms with van der Waals surface area (Å²) in [5, 5.41) is 12.0. The number of carbonyl (C=O) groups excluding carboxylic acids is 1. The molecule has 5 nitrogen and oxygen atoms in total. The molecule has 0 saturated carbocycles. The predicted molar refractivity (Wildman–Crippen MR) is 66.2 cm³/mol. The molecule has 2 aliphatic heterocycles. The van der Waals surface area contributed by atoms with Crippen molar-refractivity contribution < 1.29 is 14.7 Å². The highest BCUT2D eigenvalue weighted by Crippen LogP contribution is 2.20. The van der Waals surface area contributed by atoms with Crippen molar-refractivity contribution >= 4 is 23.8 Å². The first kappa shape index (κ1) is 12.5. The van der Waals surface area contributed by atoms with Crippen molar-refractivity contribution in [2.75, 3.05) is 18.1 Å². The Kier molecular flexibility index (Phi) is 4.15. The first-order chi connectivity index (χ1) is 8.18. The van der Waals surface area contributed by atoms with E-state index in [1.807, 2.05) is 11.8 Å². The van der Waals surface area contributed by atoms with E-state index in [2.05, 4.69) is 5.32 Å². The lowest BCUT2D eigenvalue weighted by Crippen LogP contribution is -2.49. The Morgan fingerprint density at radius 2 is 1.94 bits per heavy atom. The highest BCUT2D eigenvalue weighted by Gasteiger charge is 2.34. The molecule has 0 unspecified atom stereocenters. The van der Waals surface area contributed by atoms with Gasteiger partial charge in [-0.15, -0.1) is 0 Å². The first-order valence-corrected chi connectivity index (χ1v) is 7.21. The fourth-order valence-electron chi connectivity index (χ4n) is 2.37. The lowest BCUT2D eigenvalue weighted by atomic mass is 10.1. The van der Waals surface area contributed by atoms with Crippen LogP contribution in [0, 0.1) is 0 Å². The lowest BCUT2D eigenvalue weighted by Gasteiger charge is -2.27. The van der Waals surface area contributed by atoms with Gasteiger partial charge in [0.1, 0.15) is 6.04 Å². The largest absolute Gasteiger partial charge is 0.480 e. The monoisotopic (exact) mass is 258 g/mol. The van der Waals surface area contributed by atoms with E-state index in [1.54, 1.807) is 0 Å². The topological polar surface area (TPSA) is 69.6 Å². The number of aliphatic carboxylic acids is 1. The number of carboxylic acids is 1. The molecular weight excluding hydrogens is 240 g/mol. The Hall–Kier alpha value is -0.910. The number of amides is 2. The standard InChI is InChI=1S/C11H18N2O3S/c14-10(15)9-2-1-5-13(9)11(16)12-8-3-6-17-7-4-8/h8-9H,1-7H2,(H,12,16)(H,14,15)/t9-/m1/s1. The third-order valence-corrected chi connectivity index (χ3v) is 4.40. The zero-order valence-electron chi connectivity index (χ0n) is 9.72. The van der Waals surface area contributed by atoms with Crippen LogP contribution in [0.4, 0.5) is 4.79 Å². The maximum atomic E-state index is 12.0. The van der Waals surface area contributed by atoms with Crippen LogP contribution in [0.15, 0.2) is 0 Å². The van der Waals surface area contributed by atoms with Crippen molar-refractivity contribution in [2.24, 2.45) is 0 Å². The van der Waals surface area contributed by atoms with Crippen LogP contribution in [0.3, 0.4) is 0 Å². The fraction of sp³-hybridized carbons (Fsp3) is 0.818. The minimum atomic E-state index is -0.892. The molecule has 2 saturated heterocycles. The lowest BCUT2D eigenvalue weighted by molar-refractivity contribution is -0.141. The SMILES string of the molecule is O=C(O)[C@H]1CCCN1C(=O)NC1CCSCC1. The van der Waals surface area contributed by atoms with Crippen LogP contribution in [-0.4, -0.2) is 52.1 Å². The summed E-state index contributed by atoms with van der Waals surface area (Å²) in [5.74, 6) is 1.26. The van der Waals surface area contributed by atoms with E-state index in [9.17, 15) is 9.59 Å². The van der Waals surface area contributed by atoms with Gasteiger partial charge in [-0.05, 0) is 37.2 Å². The van der Waals surface area contributed by atoms with Crippen molar-refractivity contribution in [2.45, 2.75) is 37.8 Å². The van der Waals surface area contributed by atoms with Gasteiger partial charge >= 0.3 is 12.0 Å². The molecule has 6 heteroatoms. The van der Waals surface area contributed by atoms with Crippen molar-refractivity contribution in [1.82, 2.24) is 10.2 Å². The van der Waals surface area contributed by atoms with Gasteiger partial charge < -0.3 is 15.3 Å². The second kappa shape index (κ2) is 5.62. The molecule has 2 aliphatic rings. The molecule has 0 aliphatic carbocycles. The first-order valence-electron chi connectivity index (χ1n) is 6.06. The molecular formula is C11H18N2O3S. The van der Waals surface area contributed by atoms with E-state index in [-0.39, 0.29) is 12.1 Å². The van der Waals surface area contributed by atoms with Gasteiger partial charge in [0.05, 0.1) is 0 Å². The second-order valence-corrected chi connectivity index (χ2v) is 5.75. The van der Waals surface area contributed by atoms with E-state index < -0.39 is 12.0 Å². The minimum Gasteiger partial charge on any atom is -0.480 e. The van der Waals surface area contributed by atoms with Crippen molar-refractivity contribution in [3.8, 4) is 0 Å². The van der Waals surface area contributed by atoms with Gasteiger partial charge in [-0.3, -0.25) is 0 Å². The van der Waals surface area contributed by atoms with Gasteiger partial charge in [-0.2, -0.15) is 11.8 Å². The molecule has 2 N–H and O–H groups in total. The molecule has 0 aromatic heterocycles. The number of nitrogens with one attached hydrogen (secondary N) is 1. The minimum absolute atomic E-state index is 0.202. The third-order valence-electron chi connectivity index (χ3n) is 3.35.